The van der Waals surface area contributed by atoms with Gasteiger partial charge in [-0.25, -0.2) is 0 Å². The van der Waals surface area contributed by atoms with Crippen molar-refractivity contribution in [1.82, 2.24) is 5.32 Å². The number of anilines is 1. The first kappa shape index (κ1) is 22.0. The first-order valence-corrected chi connectivity index (χ1v) is 10.4. The van der Waals surface area contributed by atoms with Gasteiger partial charge in [0.2, 0.25) is 23.1 Å². The number of nitrogens with one attached hydrogen (secondary N) is 2. The van der Waals surface area contributed by atoms with Gasteiger partial charge >= 0.3 is 0 Å². The fourth-order valence-corrected chi connectivity index (χ4v) is 3.92. The maximum atomic E-state index is 12.9. The molecule has 2 N–H and O–H groups in total. The molecule has 160 valence electrons. The molecular formula is C23H13Cl3N2O4. The van der Waals surface area contributed by atoms with Gasteiger partial charge in [-0.15, -0.1) is 0 Å². The van der Waals surface area contributed by atoms with E-state index in [0.29, 0.717) is 5.69 Å². The second-order valence-corrected chi connectivity index (χ2v) is 8.18. The summed E-state index contributed by atoms with van der Waals surface area (Å²) < 4.78 is 0. The van der Waals surface area contributed by atoms with Gasteiger partial charge in [-0.05, 0) is 19.1 Å². The van der Waals surface area contributed by atoms with E-state index in [2.05, 4.69) is 10.6 Å². The van der Waals surface area contributed by atoms with Crippen molar-refractivity contribution < 1.29 is 19.2 Å². The molecule has 0 saturated carbocycles. The third-order valence-electron chi connectivity index (χ3n) is 4.92. The summed E-state index contributed by atoms with van der Waals surface area (Å²) in [7, 11) is 0. The number of hydrogen-bond donors (Lipinski definition) is 2. The van der Waals surface area contributed by atoms with Crippen LogP contribution in [0.25, 0.3) is 0 Å². The largest absolute Gasteiger partial charge is 0.351 e. The second-order valence-electron chi connectivity index (χ2n) is 7.05. The van der Waals surface area contributed by atoms with Crippen molar-refractivity contribution in [2.75, 3.05) is 5.32 Å². The van der Waals surface area contributed by atoms with Crippen molar-refractivity contribution in [2.45, 2.75) is 6.92 Å². The lowest BCUT2D eigenvalue weighted by atomic mass is 9.92. The van der Waals surface area contributed by atoms with Gasteiger partial charge < -0.3 is 10.6 Å². The lowest BCUT2D eigenvalue weighted by molar-refractivity contribution is -0.115. The molecule has 0 heterocycles. The fourth-order valence-electron chi connectivity index (χ4n) is 3.23. The van der Waals surface area contributed by atoms with Crippen molar-refractivity contribution >= 4 is 63.6 Å². The molecule has 0 spiro atoms. The number of Topliss-reactive ketones (excluding diaryl/α,β-unsaturated/α-hetero) is 4. The molecule has 2 aliphatic rings. The summed E-state index contributed by atoms with van der Waals surface area (Å²) in [4.78, 5) is 51.2. The van der Waals surface area contributed by atoms with Gasteiger partial charge in [0.15, 0.2) is 0 Å². The maximum absolute atomic E-state index is 12.9. The van der Waals surface area contributed by atoms with Gasteiger partial charge in [-0.2, -0.15) is 0 Å². The molecule has 0 radical (unpaired) electrons. The van der Waals surface area contributed by atoms with Crippen molar-refractivity contribution in [1.29, 1.82) is 0 Å². The predicted octanol–water partition coefficient (Wildman–Crippen LogP) is 4.58. The zero-order valence-corrected chi connectivity index (χ0v) is 18.7. The highest BCUT2D eigenvalue weighted by Gasteiger charge is 2.37. The lowest BCUT2D eigenvalue weighted by Gasteiger charge is -2.23. The number of allylic oxidation sites excluding steroid dienone is 4. The smallest absolute Gasteiger partial charge is 0.224 e. The highest BCUT2D eigenvalue weighted by Crippen LogP contribution is 2.32. The zero-order valence-electron chi connectivity index (χ0n) is 16.4. The molecule has 9 heteroatoms. The van der Waals surface area contributed by atoms with Crippen LogP contribution in [0.2, 0.25) is 0 Å². The minimum atomic E-state index is -0.832. The average Bonchev–Trinajstić information content (AvgIpc) is 2.80. The van der Waals surface area contributed by atoms with E-state index in [1.807, 2.05) is 19.1 Å². The predicted molar refractivity (Wildman–Crippen MR) is 122 cm³/mol. The van der Waals surface area contributed by atoms with Gasteiger partial charge in [-0.1, -0.05) is 76.8 Å². The fraction of sp³-hybridized carbons (Fsp3) is 0.0435. The molecule has 0 unspecified atom stereocenters. The molecule has 4 rings (SSSR count). The number of benzene rings is 2. The van der Waals surface area contributed by atoms with Crippen molar-refractivity contribution in [3.05, 3.63) is 97.4 Å². The summed E-state index contributed by atoms with van der Waals surface area (Å²) >= 11 is 18.5. The van der Waals surface area contributed by atoms with Crippen LogP contribution in [0.5, 0.6) is 0 Å². The van der Waals surface area contributed by atoms with Crippen LogP contribution in [0.3, 0.4) is 0 Å². The van der Waals surface area contributed by atoms with Gasteiger partial charge in [0.25, 0.3) is 0 Å². The molecule has 0 aliphatic heterocycles. The summed E-state index contributed by atoms with van der Waals surface area (Å²) in [6.45, 7) is 1.90. The van der Waals surface area contributed by atoms with E-state index in [9.17, 15) is 19.2 Å². The van der Waals surface area contributed by atoms with Crippen molar-refractivity contribution in [2.24, 2.45) is 0 Å². The van der Waals surface area contributed by atoms with Gasteiger partial charge in [0.05, 0.1) is 0 Å². The normalized spacial score (nSPS) is 16.6. The number of aryl methyl sites for hydroxylation is 1. The minimum absolute atomic E-state index is 0.110. The standard InChI is InChI=1S/C23H13Cl3N2O4/c1-10-6-8-11(9-7-10)27-18-15(25)23(32)19(16(26)22(18)31)28-17-14(24)20(29)12-4-2-3-5-13(12)21(17)30/h2-9,27-28H,1H3. The molecule has 2 aromatic carbocycles. The van der Waals surface area contributed by atoms with Crippen LogP contribution < -0.4 is 10.6 Å². The molecule has 0 aromatic heterocycles. The summed E-state index contributed by atoms with van der Waals surface area (Å²) in [6.07, 6.45) is 0. The summed E-state index contributed by atoms with van der Waals surface area (Å²) in [5.74, 6) is -2.81. The highest BCUT2D eigenvalue weighted by molar-refractivity contribution is 6.56. The number of ketones is 4. The molecule has 0 amide bonds. The quantitative estimate of drug-likeness (QED) is 0.614. The number of halogens is 3. The van der Waals surface area contributed by atoms with Crippen LogP contribution in [-0.2, 0) is 9.59 Å². The Morgan fingerprint density at radius 2 is 1.00 bits per heavy atom. The zero-order chi connectivity index (χ0) is 23.2. The molecule has 0 atom stereocenters. The summed E-state index contributed by atoms with van der Waals surface area (Å²) in [5.41, 5.74) is 0.785. The van der Waals surface area contributed by atoms with Crippen LogP contribution in [0, 0.1) is 6.92 Å². The Kier molecular flexibility index (Phi) is 5.77. The molecule has 32 heavy (non-hydrogen) atoms. The minimum Gasteiger partial charge on any atom is -0.351 e. The SMILES string of the molecule is Cc1ccc(NC2=C(Cl)C(=O)C(NC3=C(Cl)C(=O)c4ccccc4C3=O)=C(Cl)C2=O)cc1. The van der Waals surface area contributed by atoms with Crippen molar-refractivity contribution in [3.63, 3.8) is 0 Å². The van der Waals surface area contributed by atoms with E-state index < -0.39 is 43.9 Å². The number of hydrogen-bond acceptors (Lipinski definition) is 6. The summed E-state index contributed by atoms with van der Waals surface area (Å²) in [5, 5.41) is 3.95. The van der Waals surface area contributed by atoms with E-state index >= 15 is 0 Å². The first-order valence-electron chi connectivity index (χ1n) is 9.28. The second kappa shape index (κ2) is 8.39. The van der Waals surface area contributed by atoms with Gasteiger partial charge in [0.1, 0.15) is 32.2 Å². The Bertz CT molecular complexity index is 1320. The van der Waals surface area contributed by atoms with Crippen LogP contribution in [-0.4, -0.2) is 23.1 Å². The number of rotatable bonds is 4. The number of carbonyl (C=O) groups excluding carboxylic acids is 4. The number of fused-ring (bicyclic) bond motifs is 1. The molecule has 2 aromatic rings. The first-order chi connectivity index (χ1) is 15.2. The van der Waals surface area contributed by atoms with Crippen LogP contribution in [0.4, 0.5) is 5.69 Å². The third kappa shape index (κ3) is 3.66. The van der Waals surface area contributed by atoms with Gasteiger partial charge in [0, 0.05) is 16.8 Å². The summed E-state index contributed by atoms with van der Waals surface area (Å²) in [6, 6.07) is 13.2. The lowest BCUT2D eigenvalue weighted by Crippen LogP contribution is -2.35. The Labute approximate surface area is 197 Å². The molecule has 0 saturated heterocycles. The average molecular weight is 488 g/mol. The van der Waals surface area contributed by atoms with E-state index in [0.717, 1.165) is 5.56 Å². The van der Waals surface area contributed by atoms with Gasteiger partial charge in [-0.3, -0.25) is 19.2 Å². The van der Waals surface area contributed by atoms with E-state index in [1.165, 1.54) is 12.1 Å². The van der Waals surface area contributed by atoms with Crippen molar-refractivity contribution in [3.8, 4) is 0 Å². The molecule has 2 aliphatic carbocycles. The van der Waals surface area contributed by atoms with Crippen LogP contribution in [0.15, 0.2) is 80.7 Å². The molecular weight excluding hydrogens is 475 g/mol. The highest BCUT2D eigenvalue weighted by atomic mass is 35.5. The van der Waals surface area contributed by atoms with Crippen LogP contribution in [0.1, 0.15) is 26.3 Å². The Morgan fingerprint density at radius 3 is 1.56 bits per heavy atom. The molecule has 0 fully saturated rings. The van der Waals surface area contributed by atoms with Crippen LogP contribution >= 0.6 is 34.8 Å². The van der Waals surface area contributed by atoms with E-state index in [-0.39, 0.29) is 22.5 Å². The molecule has 0 bridgehead atoms. The maximum Gasteiger partial charge on any atom is 0.224 e. The van der Waals surface area contributed by atoms with E-state index in [1.54, 1.807) is 24.3 Å². The monoisotopic (exact) mass is 486 g/mol. The number of carbonyl (C=O) groups is 4. The topological polar surface area (TPSA) is 92.3 Å². The Morgan fingerprint density at radius 1 is 0.562 bits per heavy atom. The molecule has 6 nitrogen and oxygen atoms in total. The van der Waals surface area contributed by atoms with E-state index in [4.69, 9.17) is 34.8 Å². The Hall–Kier alpha value is -3.19. The Balaban J connectivity index is 1.68. The third-order valence-corrected chi connectivity index (χ3v) is 6.01.